The van der Waals surface area contributed by atoms with E-state index in [0.717, 1.165) is 2.88 Å². The molecule has 1 rings (SSSR count). The number of anilines is 1. The monoisotopic (exact) mass is 369 g/mol. The number of thiazole rings is 1. The number of carbonyl (C=O) groups excluding carboxylic acids is 1. The third kappa shape index (κ3) is 5.55. The van der Waals surface area contributed by atoms with Crippen molar-refractivity contribution in [2.45, 2.75) is 12.8 Å². The topological polar surface area (TPSA) is 77.5 Å². The van der Waals surface area contributed by atoms with Gasteiger partial charge in [0.05, 0.1) is 0 Å². The molecule has 1 N–H and O–H groups in total. The second kappa shape index (κ2) is 7.71. The molecule has 0 spiro atoms. The van der Waals surface area contributed by atoms with E-state index < -0.39 is 21.5 Å². The number of hydrogen-bond donors (Lipinski definition) is 1. The Morgan fingerprint density at radius 3 is 3.29 bits per heavy atom. The Labute approximate surface area is 114 Å². The Kier molecular flexibility index (Phi) is 6.58. The molecule has 0 fully saturated rings. The molecule has 8 heteroatoms. The fraction of sp³-hybridized carbons (Fsp3) is 0.333. The van der Waals surface area contributed by atoms with Gasteiger partial charge < -0.3 is 0 Å². The van der Waals surface area contributed by atoms with Crippen LogP contribution in [-0.2, 0) is 9.63 Å². The summed E-state index contributed by atoms with van der Waals surface area (Å²) >= 11 is 0.388. The van der Waals surface area contributed by atoms with Gasteiger partial charge in [-0.15, -0.1) is 0 Å². The van der Waals surface area contributed by atoms with E-state index in [1.807, 2.05) is 0 Å². The van der Waals surface area contributed by atoms with Gasteiger partial charge in [-0.3, -0.25) is 0 Å². The zero-order chi connectivity index (χ0) is 12.7. The van der Waals surface area contributed by atoms with Crippen LogP contribution < -0.4 is 26.8 Å². The van der Waals surface area contributed by atoms with E-state index in [4.69, 9.17) is 0 Å². The van der Waals surface area contributed by atoms with Gasteiger partial charge in [0.2, 0.25) is 0 Å². The van der Waals surface area contributed by atoms with Gasteiger partial charge in [-0.2, -0.15) is 0 Å². The van der Waals surface area contributed by atoms with Crippen LogP contribution in [0.15, 0.2) is 18.9 Å². The van der Waals surface area contributed by atoms with Crippen molar-refractivity contribution in [3.63, 3.8) is 0 Å². The first-order chi connectivity index (χ1) is 8.15. The van der Waals surface area contributed by atoms with Crippen LogP contribution in [0.5, 0.6) is 0 Å². The van der Waals surface area contributed by atoms with E-state index in [2.05, 4.69) is 21.7 Å². The Balaban J connectivity index is 2.45. The number of amides is 1. The molecule has 0 aliphatic heterocycles. The van der Waals surface area contributed by atoms with Crippen molar-refractivity contribution in [3.05, 3.63) is 26.9 Å². The summed E-state index contributed by atoms with van der Waals surface area (Å²) in [5.41, 5.74) is 0. The third-order valence-corrected chi connectivity index (χ3v) is 4.96. The van der Waals surface area contributed by atoms with E-state index in [9.17, 15) is 10.0 Å². The van der Waals surface area contributed by atoms with E-state index in [1.54, 1.807) is 12.3 Å². The van der Waals surface area contributed by atoms with E-state index in [1.165, 1.54) is 18.4 Å². The maximum absolute atomic E-state index is 11.4. The SMILES string of the molecule is C=CCCC(=O)Nc1ncc([I-]N([O-])OC)s1. The number of aromatic nitrogens is 1. The fourth-order valence-corrected chi connectivity index (χ4v) is 3.61. The number of nitrogens with one attached hydrogen (secondary N) is 1. The second-order valence-electron chi connectivity index (χ2n) is 2.82. The van der Waals surface area contributed by atoms with Crippen molar-refractivity contribution >= 4 is 22.4 Å². The molecule has 17 heavy (non-hydrogen) atoms. The van der Waals surface area contributed by atoms with Gasteiger partial charge in [0, 0.05) is 0 Å². The minimum atomic E-state index is -0.909. The van der Waals surface area contributed by atoms with Crippen LogP contribution in [0.2, 0.25) is 0 Å². The fourth-order valence-electron chi connectivity index (χ4n) is 0.869. The number of halogens is 1. The first kappa shape index (κ1) is 14.5. The van der Waals surface area contributed by atoms with Crippen LogP contribution in [-0.4, -0.2) is 21.4 Å². The molecule has 1 heterocycles. The van der Waals surface area contributed by atoms with Crippen molar-refractivity contribution < 1.29 is 31.1 Å². The normalized spacial score (nSPS) is 10.8. The van der Waals surface area contributed by atoms with Crippen LogP contribution >= 0.6 is 11.3 Å². The average molecular weight is 369 g/mol. The molecule has 0 aliphatic carbocycles. The summed E-state index contributed by atoms with van der Waals surface area (Å²) in [7, 11) is 1.33. The van der Waals surface area contributed by atoms with Gasteiger partial charge in [0.25, 0.3) is 0 Å². The zero-order valence-corrected chi connectivity index (χ0v) is 12.2. The Morgan fingerprint density at radius 1 is 1.88 bits per heavy atom. The van der Waals surface area contributed by atoms with E-state index >= 15 is 0 Å². The maximum atomic E-state index is 11.4. The zero-order valence-electron chi connectivity index (χ0n) is 9.18. The molecular formula is C9H12IN3O3S-2. The van der Waals surface area contributed by atoms with Crippen molar-refractivity contribution in [2.24, 2.45) is 0 Å². The van der Waals surface area contributed by atoms with Crippen LogP contribution in [0.4, 0.5) is 5.13 Å². The van der Waals surface area contributed by atoms with Crippen molar-refractivity contribution in [1.82, 2.24) is 8.42 Å². The first-order valence-corrected chi connectivity index (χ1v) is 7.54. The number of rotatable bonds is 7. The molecule has 96 valence electrons. The van der Waals surface area contributed by atoms with Gasteiger partial charge in [-0.1, -0.05) is 0 Å². The number of carbonyl (C=O) groups is 1. The van der Waals surface area contributed by atoms with Gasteiger partial charge in [-0.05, 0) is 0 Å². The molecular weight excluding hydrogens is 357 g/mol. The van der Waals surface area contributed by atoms with E-state index in [-0.39, 0.29) is 5.91 Å². The summed E-state index contributed by atoms with van der Waals surface area (Å²) in [6, 6.07) is 0. The summed E-state index contributed by atoms with van der Waals surface area (Å²) in [6.45, 7) is 3.54. The van der Waals surface area contributed by atoms with Crippen LogP contribution in [0.25, 0.3) is 0 Å². The predicted octanol–water partition coefficient (Wildman–Crippen LogP) is -1.42. The molecule has 1 aromatic heterocycles. The molecule has 0 aliphatic rings. The summed E-state index contributed by atoms with van der Waals surface area (Å²) in [5.74, 6) is -0.102. The quantitative estimate of drug-likeness (QED) is 0.276. The molecule has 0 atom stereocenters. The van der Waals surface area contributed by atoms with Crippen molar-refractivity contribution in [2.75, 3.05) is 12.4 Å². The molecule has 0 unspecified atom stereocenters. The van der Waals surface area contributed by atoms with Crippen LogP contribution in [0, 0.1) is 8.09 Å². The molecule has 0 saturated carbocycles. The summed E-state index contributed by atoms with van der Waals surface area (Å²) in [6.07, 6.45) is 4.30. The Hall–Kier alpha value is -0.550. The molecule has 0 aromatic carbocycles. The molecule has 1 amide bonds. The van der Waals surface area contributed by atoms with Gasteiger partial charge in [0.15, 0.2) is 0 Å². The van der Waals surface area contributed by atoms with Crippen molar-refractivity contribution in [1.29, 1.82) is 0 Å². The standard InChI is InChI=1S/C9H12IN3O3S/c1-3-4-5-8(14)12-9-11-6-7(17-9)10-13(15)16-2/h3,6H,1,4-5H2,2H3,(H,11,12,14)/q-2. The first-order valence-electron chi connectivity index (χ1n) is 4.68. The molecule has 1 aromatic rings. The van der Waals surface area contributed by atoms with Crippen LogP contribution in [0.1, 0.15) is 12.8 Å². The third-order valence-electron chi connectivity index (χ3n) is 1.60. The second-order valence-corrected chi connectivity index (χ2v) is 7.02. The Bertz CT molecular complexity index is 385. The average Bonchev–Trinajstić information content (AvgIpc) is 2.73. The number of hydrogen-bond acceptors (Lipinski definition) is 6. The molecule has 0 bridgehead atoms. The summed E-state index contributed by atoms with van der Waals surface area (Å²) in [5, 5.41) is 14.2. The van der Waals surface area contributed by atoms with E-state index in [0.29, 0.717) is 21.4 Å². The minimum absolute atomic E-state index is 0.102. The molecule has 6 nitrogen and oxygen atoms in total. The number of allylic oxidation sites excluding steroid dienone is 1. The van der Waals surface area contributed by atoms with Crippen LogP contribution in [0.3, 0.4) is 0 Å². The van der Waals surface area contributed by atoms with Gasteiger partial charge >= 0.3 is 114 Å². The molecule has 0 saturated heterocycles. The van der Waals surface area contributed by atoms with Gasteiger partial charge in [0.1, 0.15) is 0 Å². The predicted molar refractivity (Wildman–Crippen MR) is 61.1 cm³/mol. The summed E-state index contributed by atoms with van der Waals surface area (Å²) < 4.78 is 1.38. The Morgan fingerprint density at radius 2 is 2.65 bits per heavy atom. The number of nitrogens with zero attached hydrogens (tertiary/aromatic N) is 2. The van der Waals surface area contributed by atoms with Gasteiger partial charge in [-0.25, -0.2) is 0 Å². The van der Waals surface area contributed by atoms with Crippen molar-refractivity contribution in [3.8, 4) is 0 Å². The summed E-state index contributed by atoms with van der Waals surface area (Å²) in [4.78, 5) is 19.9. The molecule has 0 radical (unpaired) electrons.